The highest BCUT2D eigenvalue weighted by Gasteiger charge is 2.41. The summed E-state index contributed by atoms with van der Waals surface area (Å²) in [7, 11) is -3.71. The fourth-order valence-electron chi connectivity index (χ4n) is 4.71. The van der Waals surface area contributed by atoms with E-state index in [1.54, 1.807) is 42.2 Å². The maximum Gasteiger partial charge on any atom is 0.221 e. The average molecular weight is 494 g/mol. The predicted molar refractivity (Wildman–Crippen MR) is 128 cm³/mol. The summed E-state index contributed by atoms with van der Waals surface area (Å²) in [6.45, 7) is 5.87. The number of carbonyl (C=O) groups is 1. The Labute approximate surface area is 200 Å². The van der Waals surface area contributed by atoms with Crippen molar-refractivity contribution >= 4 is 33.2 Å². The van der Waals surface area contributed by atoms with Gasteiger partial charge >= 0.3 is 0 Å². The van der Waals surface area contributed by atoms with Gasteiger partial charge in [0.15, 0.2) is 0 Å². The van der Waals surface area contributed by atoms with Crippen LogP contribution in [-0.2, 0) is 21.4 Å². The van der Waals surface area contributed by atoms with E-state index in [1.807, 2.05) is 17.9 Å². The molecule has 33 heavy (non-hydrogen) atoms. The summed E-state index contributed by atoms with van der Waals surface area (Å²) in [6.07, 6.45) is 1.16. The number of anilines is 1. The Morgan fingerprint density at radius 3 is 2.42 bits per heavy atom. The van der Waals surface area contributed by atoms with Gasteiger partial charge in [0, 0.05) is 62.0 Å². The molecule has 2 aromatic rings. The van der Waals surface area contributed by atoms with Crippen LogP contribution in [0.2, 0.25) is 5.02 Å². The lowest BCUT2D eigenvalue weighted by molar-refractivity contribution is -0.129. The number of amides is 1. The zero-order valence-electron chi connectivity index (χ0n) is 18.9. The van der Waals surface area contributed by atoms with Gasteiger partial charge in [0.25, 0.3) is 0 Å². The van der Waals surface area contributed by atoms with E-state index in [-0.39, 0.29) is 18.5 Å². The summed E-state index contributed by atoms with van der Waals surface area (Å²) < 4.78 is 43.5. The molecule has 0 spiro atoms. The monoisotopic (exact) mass is 493 g/mol. The van der Waals surface area contributed by atoms with Crippen molar-refractivity contribution < 1.29 is 17.6 Å². The largest absolute Gasteiger partial charge is 0.368 e. The van der Waals surface area contributed by atoms with Crippen LogP contribution in [0, 0.1) is 5.82 Å². The molecule has 0 N–H and O–H groups in total. The zero-order chi connectivity index (χ0) is 23.8. The maximum atomic E-state index is 15.1. The molecule has 4 rings (SSSR count). The molecular formula is C24H29ClFN3O3S. The van der Waals surface area contributed by atoms with E-state index in [9.17, 15) is 13.2 Å². The van der Waals surface area contributed by atoms with Crippen LogP contribution in [0.5, 0.6) is 0 Å². The first-order valence-corrected chi connectivity index (χ1v) is 13.1. The summed E-state index contributed by atoms with van der Waals surface area (Å²) in [5, 5.41) is -0.303. The Kier molecular flexibility index (Phi) is 6.98. The zero-order valence-corrected chi connectivity index (χ0v) is 20.4. The van der Waals surface area contributed by atoms with E-state index in [0.29, 0.717) is 55.2 Å². The number of piperazine rings is 1. The van der Waals surface area contributed by atoms with Gasteiger partial charge in [-0.15, -0.1) is 0 Å². The van der Waals surface area contributed by atoms with Crippen LogP contribution in [0.1, 0.15) is 43.1 Å². The number of sulfonamides is 1. The number of benzene rings is 2. The van der Waals surface area contributed by atoms with Crippen molar-refractivity contribution in [2.75, 3.05) is 31.1 Å². The first kappa shape index (κ1) is 24.0. The Hall–Kier alpha value is -2.16. The molecule has 0 unspecified atom stereocenters. The third-order valence-corrected chi connectivity index (χ3v) is 9.43. The van der Waals surface area contributed by atoms with Crippen LogP contribution in [0.4, 0.5) is 10.1 Å². The SMILES string of the molecule is CC(=O)N1CCN(c2ccc(CN3[C@@H](C)CC[C@H](c4ccccc4Cl)S3(=O)=O)c(F)c2)CC1. The lowest BCUT2D eigenvalue weighted by Crippen LogP contribution is -2.48. The van der Waals surface area contributed by atoms with Crippen molar-refractivity contribution in [1.82, 2.24) is 9.21 Å². The van der Waals surface area contributed by atoms with Crippen LogP contribution >= 0.6 is 11.6 Å². The summed E-state index contributed by atoms with van der Waals surface area (Å²) in [5.74, 6) is -0.383. The number of hydrogen-bond donors (Lipinski definition) is 0. The van der Waals surface area contributed by atoms with Crippen molar-refractivity contribution in [1.29, 1.82) is 0 Å². The van der Waals surface area contributed by atoms with Gasteiger partial charge in [0.2, 0.25) is 15.9 Å². The third-order valence-electron chi connectivity index (χ3n) is 6.73. The fourth-order valence-corrected chi connectivity index (χ4v) is 7.25. The number of nitrogens with zero attached hydrogens (tertiary/aromatic N) is 3. The summed E-state index contributed by atoms with van der Waals surface area (Å²) in [4.78, 5) is 15.3. The predicted octanol–water partition coefficient (Wildman–Crippen LogP) is 4.20. The van der Waals surface area contributed by atoms with E-state index < -0.39 is 21.1 Å². The Morgan fingerprint density at radius 2 is 1.79 bits per heavy atom. The van der Waals surface area contributed by atoms with Crippen molar-refractivity contribution in [2.24, 2.45) is 0 Å². The minimum absolute atomic E-state index is 0.0192. The van der Waals surface area contributed by atoms with Crippen molar-refractivity contribution in [3.63, 3.8) is 0 Å². The van der Waals surface area contributed by atoms with Crippen molar-refractivity contribution in [3.05, 3.63) is 64.4 Å². The van der Waals surface area contributed by atoms with Gasteiger partial charge in [-0.05, 0) is 43.5 Å². The molecule has 2 aliphatic rings. The molecule has 0 aliphatic carbocycles. The highest BCUT2D eigenvalue weighted by atomic mass is 35.5. The van der Waals surface area contributed by atoms with Gasteiger partial charge in [0.1, 0.15) is 11.1 Å². The molecule has 0 bridgehead atoms. The van der Waals surface area contributed by atoms with Crippen LogP contribution in [0.25, 0.3) is 0 Å². The van der Waals surface area contributed by atoms with Crippen LogP contribution in [0.3, 0.4) is 0 Å². The minimum atomic E-state index is -3.71. The molecule has 6 nitrogen and oxygen atoms in total. The second kappa shape index (κ2) is 9.60. The second-order valence-corrected chi connectivity index (χ2v) is 11.3. The number of halogens is 2. The van der Waals surface area contributed by atoms with Crippen LogP contribution < -0.4 is 4.90 Å². The number of hydrogen-bond acceptors (Lipinski definition) is 4. The topological polar surface area (TPSA) is 60.9 Å². The van der Waals surface area contributed by atoms with Gasteiger partial charge in [0.05, 0.1) is 0 Å². The van der Waals surface area contributed by atoms with E-state index in [2.05, 4.69) is 0 Å². The fraction of sp³-hybridized carbons (Fsp3) is 0.458. The van der Waals surface area contributed by atoms with E-state index >= 15 is 4.39 Å². The summed E-state index contributed by atoms with van der Waals surface area (Å²) >= 11 is 6.30. The van der Waals surface area contributed by atoms with E-state index in [0.717, 1.165) is 5.69 Å². The highest BCUT2D eigenvalue weighted by Crippen LogP contribution is 2.40. The Morgan fingerprint density at radius 1 is 1.09 bits per heavy atom. The normalized spacial score (nSPS) is 23.5. The molecule has 1 amide bonds. The average Bonchev–Trinajstić information content (AvgIpc) is 2.78. The first-order chi connectivity index (χ1) is 15.7. The van der Waals surface area contributed by atoms with Gasteiger partial charge < -0.3 is 9.80 Å². The van der Waals surface area contributed by atoms with Crippen LogP contribution in [0.15, 0.2) is 42.5 Å². The molecule has 0 aromatic heterocycles. The molecular weight excluding hydrogens is 465 g/mol. The molecule has 2 heterocycles. The number of rotatable bonds is 4. The van der Waals surface area contributed by atoms with Crippen LogP contribution in [-0.4, -0.2) is 55.8 Å². The van der Waals surface area contributed by atoms with E-state index in [1.165, 1.54) is 10.4 Å². The number of carbonyl (C=O) groups excluding carboxylic acids is 1. The van der Waals surface area contributed by atoms with E-state index in [4.69, 9.17) is 11.6 Å². The maximum absolute atomic E-state index is 15.1. The highest BCUT2D eigenvalue weighted by molar-refractivity contribution is 7.89. The second-order valence-electron chi connectivity index (χ2n) is 8.80. The van der Waals surface area contributed by atoms with Gasteiger partial charge in [-0.2, -0.15) is 4.31 Å². The van der Waals surface area contributed by atoms with Crippen molar-refractivity contribution in [3.8, 4) is 0 Å². The molecule has 2 fully saturated rings. The molecule has 0 saturated carbocycles. The lowest BCUT2D eigenvalue weighted by atomic mass is 10.0. The third kappa shape index (κ3) is 4.88. The smallest absolute Gasteiger partial charge is 0.221 e. The minimum Gasteiger partial charge on any atom is -0.368 e. The van der Waals surface area contributed by atoms with Gasteiger partial charge in [-0.3, -0.25) is 4.79 Å². The molecule has 2 saturated heterocycles. The molecule has 178 valence electrons. The summed E-state index contributed by atoms with van der Waals surface area (Å²) in [5.41, 5.74) is 1.68. The van der Waals surface area contributed by atoms with Gasteiger partial charge in [-0.1, -0.05) is 35.9 Å². The Bertz CT molecular complexity index is 1140. The quantitative estimate of drug-likeness (QED) is 0.640. The Balaban J connectivity index is 1.53. The van der Waals surface area contributed by atoms with Gasteiger partial charge in [-0.25, -0.2) is 12.8 Å². The molecule has 2 atom stereocenters. The summed E-state index contributed by atoms with van der Waals surface area (Å²) in [6, 6.07) is 11.7. The molecule has 9 heteroatoms. The van der Waals surface area contributed by atoms with Crippen molar-refractivity contribution in [2.45, 2.75) is 44.5 Å². The molecule has 2 aliphatic heterocycles. The molecule has 2 aromatic carbocycles. The standard InChI is InChI=1S/C24H29ClFN3O3S/c1-17-7-10-24(21-5-3-4-6-22(21)25)33(31,32)29(17)16-19-8-9-20(15-23(19)26)28-13-11-27(12-14-28)18(2)30/h3-6,8-9,15,17,24H,7,10-14,16H2,1-2H3/t17-,24+/m0/s1. The lowest BCUT2D eigenvalue weighted by Gasteiger charge is -2.38. The molecule has 0 radical (unpaired) electrons. The first-order valence-electron chi connectivity index (χ1n) is 11.2.